The molecule has 0 aromatic carbocycles. The van der Waals surface area contributed by atoms with Crippen LogP contribution in [0.4, 0.5) is 13.2 Å². The molecule has 24 heavy (non-hydrogen) atoms. The van der Waals surface area contributed by atoms with Crippen LogP contribution in [-0.4, -0.2) is 39.3 Å². The zero-order valence-corrected chi connectivity index (χ0v) is 13.6. The Balaban J connectivity index is 2.05. The summed E-state index contributed by atoms with van der Waals surface area (Å²) in [5.74, 6) is 0.129. The average molecular weight is 356 g/mol. The van der Waals surface area contributed by atoms with E-state index >= 15 is 0 Å². The summed E-state index contributed by atoms with van der Waals surface area (Å²) in [6.07, 6.45) is 1.60. The second-order valence-electron chi connectivity index (χ2n) is 4.77. The van der Waals surface area contributed by atoms with E-state index in [0.29, 0.717) is 11.4 Å². The maximum atomic E-state index is 12.0. The van der Waals surface area contributed by atoms with Crippen molar-refractivity contribution < 1.29 is 18.0 Å². The van der Waals surface area contributed by atoms with Gasteiger partial charge in [-0.2, -0.15) is 13.2 Å². The van der Waals surface area contributed by atoms with Crippen LogP contribution in [0, 0.1) is 0 Å². The number of aromatic nitrogens is 3. The Morgan fingerprint density at radius 1 is 1.25 bits per heavy atom. The highest BCUT2D eigenvalue weighted by Gasteiger charge is 2.27. The molecule has 0 spiro atoms. The third kappa shape index (κ3) is 5.48. The van der Waals surface area contributed by atoms with Crippen LogP contribution < -0.4 is 5.32 Å². The zero-order valence-electron chi connectivity index (χ0n) is 12.8. The Bertz CT molecular complexity index is 692. The fourth-order valence-corrected chi connectivity index (χ4v) is 2.65. The molecule has 0 bridgehead atoms. The van der Waals surface area contributed by atoms with Crippen LogP contribution in [0.3, 0.4) is 0 Å². The number of thioether (sulfide) groups is 1. The molecular weight excluding hydrogens is 341 g/mol. The van der Waals surface area contributed by atoms with Crippen LogP contribution in [0.25, 0.3) is 11.3 Å². The third-order valence-electron chi connectivity index (χ3n) is 2.89. The molecule has 2 aromatic rings. The van der Waals surface area contributed by atoms with Crippen LogP contribution >= 0.6 is 11.8 Å². The van der Waals surface area contributed by atoms with Gasteiger partial charge in [0.15, 0.2) is 0 Å². The summed E-state index contributed by atoms with van der Waals surface area (Å²) in [6.45, 7) is 0.668. The first-order chi connectivity index (χ1) is 11.4. The average Bonchev–Trinajstić information content (AvgIpc) is 2.54. The molecule has 0 aliphatic heterocycles. The van der Waals surface area contributed by atoms with Gasteiger partial charge in [-0.05, 0) is 11.8 Å². The molecule has 0 radical (unpaired) electrons. The standard InChI is InChI=1S/C15H15F3N4OS/c1-2-24-13-8-19-4-3-11(13)12-7-20-10(6-21-12)5-14(23)22-9-15(16,17)18/h3-4,6-8H,2,5,9H2,1H3,(H,22,23). The number of amides is 1. The van der Waals surface area contributed by atoms with Gasteiger partial charge < -0.3 is 5.32 Å². The van der Waals surface area contributed by atoms with E-state index in [1.807, 2.05) is 13.0 Å². The maximum absolute atomic E-state index is 12.0. The predicted molar refractivity (Wildman–Crippen MR) is 84.4 cm³/mol. The topological polar surface area (TPSA) is 67.8 Å². The molecule has 0 saturated carbocycles. The van der Waals surface area contributed by atoms with Gasteiger partial charge in [0.2, 0.25) is 5.91 Å². The summed E-state index contributed by atoms with van der Waals surface area (Å²) in [5, 5.41) is 1.80. The van der Waals surface area contributed by atoms with Crippen LogP contribution in [0.15, 0.2) is 35.7 Å². The number of hydrogen-bond donors (Lipinski definition) is 1. The summed E-state index contributed by atoms with van der Waals surface area (Å²) in [7, 11) is 0. The summed E-state index contributed by atoms with van der Waals surface area (Å²) >= 11 is 1.62. The predicted octanol–water partition coefficient (Wildman–Crippen LogP) is 2.87. The van der Waals surface area contributed by atoms with Gasteiger partial charge in [0.25, 0.3) is 0 Å². The number of carbonyl (C=O) groups excluding carboxylic acids is 1. The SMILES string of the molecule is CCSc1cnccc1-c1cnc(CC(=O)NCC(F)(F)F)cn1. The highest BCUT2D eigenvalue weighted by Crippen LogP contribution is 2.28. The van der Waals surface area contributed by atoms with E-state index in [2.05, 4.69) is 15.0 Å². The Kier molecular flexibility index (Phi) is 6.13. The summed E-state index contributed by atoms with van der Waals surface area (Å²) in [4.78, 5) is 24.9. The number of nitrogens with zero attached hydrogens (tertiary/aromatic N) is 3. The molecule has 128 valence electrons. The van der Waals surface area contributed by atoms with Crippen molar-refractivity contribution in [3.8, 4) is 11.3 Å². The quantitative estimate of drug-likeness (QED) is 0.806. The lowest BCUT2D eigenvalue weighted by Crippen LogP contribution is -2.34. The molecule has 1 amide bonds. The number of hydrogen-bond acceptors (Lipinski definition) is 5. The molecule has 0 saturated heterocycles. The summed E-state index contributed by atoms with van der Waals surface area (Å²) < 4.78 is 36.1. The minimum atomic E-state index is -4.43. The lowest BCUT2D eigenvalue weighted by molar-refractivity contribution is -0.138. The molecular formula is C15H15F3N4OS. The minimum Gasteiger partial charge on any atom is -0.347 e. The van der Waals surface area contributed by atoms with E-state index in [9.17, 15) is 18.0 Å². The summed E-state index contributed by atoms with van der Waals surface area (Å²) in [5.41, 5.74) is 1.79. The molecule has 2 heterocycles. The Labute approximate surface area is 141 Å². The Hall–Kier alpha value is -2.16. The molecule has 0 fully saturated rings. The van der Waals surface area contributed by atoms with Gasteiger partial charge in [0.1, 0.15) is 6.54 Å². The van der Waals surface area contributed by atoms with Crippen LogP contribution in [0.5, 0.6) is 0 Å². The van der Waals surface area contributed by atoms with E-state index in [-0.39, 0.29) is 6.42 Å². The van der Waals surface area contributed by atoms with Crippen molar-refractivity contribution in [1.82, 2.24) is 20.3 Å². The molecule has 2 aromatic heterocycles. The largest absolute Gasteiger partial charge is 0.405 e. The van der Waals surface area contributed by atoms with E-state index < -0.39 is 18.6 Å². The first kappa shape index (κ1) is 18.2. The Morgan fingerprint density at radius 3 is 2.67 bits per heavy atom. The van der Waals surface area contributed by atoms with E-state index in [0.717, 1.165) is 16.2 Å². The first-order valence-corrected chi connectivity index (χ1v) is 8.09. The maximum Gasteiger partial charge on any atom is 0.405 e. The van der Waals surface area contributed by atoms with E-state index in [1.165, 1.54) is 12.4 Å². The number of rotatable bonds is 6. The number of halogens is 3. The van der Waals surface area contributed by atoms with Crippen molar-refractivity contribution in [2.45, 2.75) is 24.4 Å². The molecule has 9 heteroatoms. The van der Waals surface area contributed by atoms with Gasteiger partial charge in [-0.1, -0.05) is 6.92 Å². The molecule has 0 aliphatic carbocycles. The van der Waals surface area contributed by atoms with Crippen molar-refractivity contribution in [2.75, 3.05) is 12.3 Å². The highest BCUT2D eigenvalue weighted by atomic mass is 32.2. The molecule has 0 unspecified atom stereocenters. The summed E-state index contributed by atoms with van der Waals surface area (Å²) in [6, 6.07) is 1.82. The van der Waals surface area contributed by atoms with Crippen LogP contribution in [0.1, 0.15) is 12.6 Å². The van der Waals surface area contributed by atoms with Crippen molar-refractivity contribution in [3.63, 3.8) is 0 Å². The van der Waals surface area contributed by atoms with Gasteiger partial charge in [-0.15, -0.1) is 11.8 Å². The second kappa shape index (κ2) is 8.09. The van der Waals surface area contributed by atoms with Crippen molar-refractivity contribution >= 4 is 17.7 Å². The molecule has 0 aliphatic rings. The van der Waals surface area contributed by atoms with Gasteiger partial charge >= 0.3 is 6.18 Å². The van der Waals surface area contributed by atoms with Crippen LogP contribution in [-0.2, 0) is 11.2 Å². The lowest BCUT2D eigenvalue weighted by atomic mass is 10.2. The van der Waals surface area contributed by atoms with Crippen molar-refractivity contribution in [2.24, 2.45) is 0 Å². The zero-order chi connectivity index (χ0) is 17.6. The van der Waals surface area contributed by atoms with E-state index in [1.54, 1.807) is 29.5 Å². The van der Waals surface area contributed by atoms with Crippen molar-refractivity contribution in [3.05, 3.63) is 36.5 Å². The fraction of sp³-hybridized carbons (Fsp3) is 0.333. The number of carbonyl (C=O) groups is 1. The van der Waals surface area contributed by atoms with E-state index in [4.69, 9.17) is 0 Å². The van der Waals surface area contributed by atoms with Gasteiger partial charge in [0, 0.05) is 29.0 Å². The molecule has 5 nitrogen and oxygen atoms in total. The van der Waals surface area contributed by atoms with Gasteiger partial charge in [-0.25, -0.2) is 0 Å². The van der Waals surface area contributed by atoms with Gasteiger partial charge in [0.05, 0.1) is 24.0 Å². The van der Waals surface area contributed by atoms with Crippen molar-refractivity contribution in [1.29, 1.82) is 0 Å². The second-order valence-corrected chi connectivity index (χ2v) is 6.07. The number of alkyl halides is 3. The fourth-order valence-electron chi connectivity index (χ4n) is 1.87. The smallest absolute Gasteiger partial charge is 0.347 e. The van der Waals surface area contributed by atoms with Crippen LogP contribution in [0.2, 0.25) is 0 Å². The Morgan fingerprint density at radius 2 is 2.04 bits per heavy atom. The number of pyridine rings is 1. The molecule has 2 rings (SSSR count). The minimum absolute atomic E-state index is 0.254. The lowest BCUT2D eigenvalue weighted by Gasteiger charge is -2.09. The number of nitrogens with one attached hydrogen (secondary N) is 1. The monoisotopic (exact) mass is 356 g/mol. The molecule has 0 atom stereocenters. The molecule has 1 N–H and O–H groups in total. The normalized spacial score (nSPS) is 11.3. The first-order valence-electron chi connectivity index (χ1n) is 7.10. The van der Waals surface area contributed by atoms with Gasteiger partial charge in [-0.3, -0.25) is 19.7 Å². The highest BCUT2D eigenvalue weighted by molar-refractivity contribution is 7.99. The third-order valence-corrected chi connectivity index (χ3v) is 3.82.